The molecule has 37 heavy (non-hydrogen) atoms. The van der Waals surface area contributed by atoms with E-state index in [1.807, 2.05) is 0 Å². The highest BCUT2D eigenvalue weighted by Crippen LogP contribution is 2.12. The number of rotatable bonds is 25. The van der Waals surface area contributed by atoms with Crippen LogP contribution in [-0.2, 0) is 14.9 Å². The second-order valence-electron chi connectivity index (χ2n) is 10.0. The lowest BCUT2D eigenvalue weighted by molar-refractivity contribution is -0.122. The maximum absolute atomic E-state index is 12.3. The van der Waals surface area contributed by atoms with Gasteiger partial charge in [-0.05, 0) is 38.5 Å². The highest BCUT2D eigenvalue weighted by molar-refractivity contribution is 7.85. The molecular formula is C30H55NO5S. The third-order valence-corrected chi connectivity index (χ3v) is 7.08. The van der Waals surface area contributed by atoms with Gasteiger partial charge < -0.3 is 10.4 Å². The minimum atomic E-state index is -4.34. The summed E-state index contributed by atoms with van der Waals surface area (Å²) in [6, 6.07) is -1.07. The van der Waals surface area contributed by atoms with Gasteiger partial charge in [-0.15, -0.1) is 0 Å². The fourth-order valence-corrected chi connectivity index (χ4v) is 4.79. The molecule has 0 saturated carbocycles. The third-order valence-electron chi connectivity index (χ3n) is 6.30. The van der Waals surface area contributed by atoms with Crippen LogP contribution in [-0.4, -0.2) is 41.9 Å². The maximum Gasteiger partial charge on any atom is 0.267 e. The lowest BCUT2D eigenvalue weighted by atomic mass is 10.1. The van der Waals surface area contributed by atoms with Crippen LogP contribution in [0.25, 0.3) is 0 Å². The van der Waals surface area contributed by atoms with E-state index in [0.717, 1.165) is 44.9 Å². The van der Waals surface area contributed by atoms with Crippen molar-refractivity contribution in [3.63, 3.8) is 0 Å². The number of carbonyl (C=O) groups excluding carboxylic acids is 1. The molecule has 0 bridgehead atoms. The van der Waals surface area contributed by atoms with Crippen LogP contribution in [0.3, 0.4) is 0 Å². The molecule has 0 rings (SSSR count). The number of carbonyl (C=O) groups is 1. The van der Waals surface area contributed by atoms with Crippen LogP contribution in [0.4, 0.5) is 0 Å². The van der Waals surface area contributed by atoms with Gasteiger partial charge in [0.1, 0.15) is 0 Å². The number of aliphatic hydroxyl groups excluding tert-OH is 1. The predicted octanol–water partition coefficient (Wildman–Crippen LogP) is 7.45. The van der Waals surface area contributed by atoms with E-state index in [-0.39, 0.29) is 12.3 Å². The van der Waals surface area contributed by atoms with E-state index >= 15 is 0 Å². The molecule has 0 fully saturated rings. The predicted molar refractivity (Wildman–Crippen MR) is 156 cm³/mol. The van der Waals surface area contributed by atoms with Crippen molar-refractivity contribution < 1.29 is 22.9 Å². The molecule has 0 aromatic rings. The summed E-state index contributed by atoms with van der Waals surface area (Å²) in [5.41, 5.74) is 0. The fraction of sp³-hybridized carbons (Fsp3) is 0.767. The first-order valence-electron chi connectivity index (χ1n) is 14.7. The van der Waals surface area contributed by atoms with Crippen molar-refractivity contribution in [2.75, 3.05) is 5.75 Å². The standard InChI is InChI=1S/C30H55NO5S/c1-3-5-7-9-11-13-15-16-17-19-21-23-25-29(32)28(27-37(34,35)36)31-30(33)26-24-22-20-18-14-12-10-8-6-4-2/h9,11,16-17,23,25,28-29,32H,3-8,10,12-15,18-22,24,26-27H2,1-2H3,(H,31,33)(H,34,35,36)/b11-9+,17-16+,25-23+. The van der Waals surface area contributed by atoms with Gasteiger partial charge >= 0.3 is 0 Å². The Kier molecular flexibility index (Phi) is 23.9. The summed E-state index contributed by atoms with van der Waals surface area (Å²) in [5, 5.41) is 13.0. The maximum atomic E-state index is 12.3. The van der Waals surface area contributed by atoms with E-state index in [4.69, 9.17) is 0 Å². The van der Waals surface area contributed by atoms with Gasteiger partial charge in [0.25, 0.3) is 10.1 Å². The van der Waals surface area contributed by atoms with E-state index in [9.17, 15) is 22.9 Å². The number of aliphatic hydroxyl groups is 1. The van der Waals surface area contributed by atoms with Gasteiger partial charge in [0.2, 0.25) is 5.91 Å². The molecule has 0 aromatic carbocycles. The third kappa shape index (κ3) is 26.0. The topological polar surface area (TPSA) is 104 Å². The molecule has 0 aliphatic rings. The average Bonchev–Trinajstić information content (AvgIpc) is 2.84. The van der Waals surface area contributed by atoms with Crippen molar-refractivity contribution in [1.82, 2.24) is 5.32 Å². The summed E-state index contributed by atoms with van der Waals surface area (Å²) >= 11 is 0. The van der Waals surface area contributed by atoms with Crippen molar-refractivity contribution in [3.05, 3.63) is 36.5 Å². The molecule has 0 heterocycles. The first kappa shape index (κ1) is 35.6. The van der Waals surface area contributed by atoms with E-state index in [1.165, 1.54) is 63.9 Å². The van der Waals surface area contributed by atoms with Crippen LogP contribution in [0.2, 0.25) is 0 Å². The summed E-state index contributed by atoms with van der Waals surface area (Å²) in [6.45, 7) is 4.41. The van der Waals surface area contributed by atoms with Crippen LogP contribution in [0.15, 0.2) is 36.5 Å². The zero-order chi connectivity index (χ0) is 27.6. The van der Waals surface area contributed by atoms with Crippen LogP contribution in [0, 0.1) is 0 Å². The summed E-state index contributed by atoms with van der Waals surface area (Å²) in [4.78, 5) is 12.3. The molecule has 0 radical (unpaired) electrons. The minimum absolute atomic E-state index is 0.285. The quantitative estimate of drug-likeness (QED) is 0.0632. The molecule has 3 N–H and O–H groups in total. The number of hydrogen-bond acceptors (Lipinski definition) is 4. The normalized spacial score (nSPS) is 14.2. The van der Waals surface area contributed by atoms with Crippen LogP contribution in [0.5, 0.6) is 0 Å². The van der Waals surface area contributed by atoms with E-state index in [1.54, 1.807) is 6.08 Å². The Balaban J connectivity index is 4.23. The first-order valence-corrected chi connectivity index (χ1v) is 16.3. The SMILES string of the molecule is CCCC/C=C/CC/C=C/CC/C=C/C(O)C(CS(=O)(=O)O)NC(=O)CCCCCCCCCCCC. The Hall–Kier alpha value is -1.44. The van der Waals surface area contributed by atoms with Gasteiger partial charge in [-0.1, -0.05) is 121 Å². The van der Waals surface area contributed by atoms with Crippen molar-refractivity contribution in [2.45, 2.75) is 142 Å². The molecule has 6 nitrogen and oxygen atoms in total. The molecule has 0 aliphatic carbocycles. The number of allylic oxidation sites excluding steroid dienone is 5. The molecule has 2 unspecified atom stereocenters. The molecule has 1 amide bonds. The lowest BCUT2D eigenvalue weighted by Gasteiger charge is -2.21. The Morgan fingerprint density at radius 2 is 1.16 bits per heavy atom. The molecule has 0 saturated heterocycles. The van der Waals surface area contributed by atoms with Gasteiger partial charge in [0.15, 0.2) is 0 Å². The van der Waals surface area contributed by atoms with Crippen LogP contribution < -0.4 is 5.32 Å². The summed E-state index contributed by atoms with van der Waals surface area (Å²) in [5.74, 6) is -1.01. The number of amides is 1. The van der Waals surface area contributed by atoms with Crippen molar-refractivity contribution in [3.8, 4) is 0 Å². The average molecular weight is 542 g/mol. The number of hydrogen-bond donors (Lipinski definition) is 3. The van der Waals surface area contributed by atoms with Crippen LogP contribution >= 0.6 is 0 Å². The molecular weight excluding hydrogens is 486 g/mol. The fourth-order valence-electron chi connectivity index (χ4n) is 4.05. The van der Waals surface area contributed by atoms with E-state index in [0.29, 0.717) is 6.42 Å². The minimum Gasteiger partial charge on any atom is -0.387 e. The zero-order valence-electron chi connectivity index (χ0n) is 23.6. The molecule has 0 aliphatic heterocycles. The largest absolute Gasteiger partial charge is 0.387 e. The van der Waals surface area contributed by atoms with Gasteiger partial charge in [0.05, 0.1) is 17.9 Å². The van der Waals surface area contributed by atoms with Gasteiger partial charge in [-0.2, -0.15) is 8.42 Å². The molecule has 0 aromatic heterocycles. The van der Waals surface area contributed by atoms with E-state index in [2.05, 4.69) is 43.5 Å². The van der Waals surface area contributed by atoms with Crippen molar-refractivity contribution in [2.24, 2.45) is 0 Å². The van der Waals surface area contributed by atoms with Crippen molar-refractivity contribution in [1.29, 1.82) is 0 Å². The summed E-state index contributed by atoms with van der Waals surface area (Å²) in [6.07, 6.45) is 29.9. The Morgan fingerprint density at radius 3 is 1.68 bits per heavy atom. The smallest absolute Gasteiger partial charge is 0.267 e. The Bertz CT molecular complexity index is 730. The summed E-state index contributed by atoms with van der Waals surface area (Å²) < 4.78 is 32.1. The lowest BCUT2D eigenvalue weighted by Crippen LogP contribution is -2.46. The van der Waals surface area contributed by atoms with Gasteiger partial charge in [0, 0.05) is 6.42 Å². The second kappa shape index (κ2) is 24.9. The molecule has 0 spiro atoms. The molecule has 7 heteroatoms. The highest BCUT2D eigenvalue weighted by Gasteiger charge is 2.24. The van der Waals surface area contributed by atoms with Crippen molar-refractivity contribution >= 4 is 16.0 Å². The highest BCUT2D eigenvalue weighted by atomic mass is 32.2. The number of nitrogens with one attached hydrogen (secondary N) is 1. The molecule has 2 atom stereocenters. The molecule has 216 valence electrons. The van der Waals surface area contributed by atoms with Gasteiger partial charge in [-0.25, -0.2) is 0 Å². The van der Waals surface area contributed by atoms with E-state index < -0.39 is 28.0 Å². The zero-order valence-corrected chi connectivity index (χ0v) is 24.4. The second-order valence-corrected chi connectivity index (χ2v) is 11.5. The first-order chi connectivity index (χ1) is 17.8. The van der Waals surface area contributed by atoms with Crippen LogP contribution in [0.1, 0.15) is 129 Å². The summed E-state index contributed by atoms with van der Waals surface area (Å²) in [7, 11) is -4.34. The Labute approximate surface area is 227 Å². The van der Waals surface area contributed by atoms with Gasteiger partial charge in [-0.3, -0.25) is 9.35 Å². The number of unbranched alkanes of at least 4 members (excludes halogenated alkanes) is 13. The monoisotopic (exact) mass is 541 g/mol. The Morgan fingerprint density at radius 1 is 0.703 bits per heavy atom.